The van der Waals surface area contributed by atoms with E-state index >= 15 is 0 Å². The second-order valence-electron chi connectivity index (χ2n) is 7.23. The SMILES string of the molecule is CCCC1CCC(N)(Cc2ccc3c(c2)CCC3)CC1. The maximum Gasteiger partial charge on any atom is 0.0195 e. The number of fused-ring (bicyclic) bond motifs is 1. The number of aryl methyl sites for hydroxylation is 2. The van der Waals surface area contributed by atoms with Crippen molar-refractivity contribution in [2.45, 2.75) is 76.7 Å². The molecule has 0 saturated heterocycles. The van der Waals surface area contributed by atoms with Crippen LogP contribution in [0.1, 0.15) is 68.6 Å². The molecule has 1 fully saturated rings. The van der Waals surface area contributed by atoms with Crippen molar-refractivity contribution < 1.29 is 0 Å². The lowest BCUT2D eigenvalue weighted by atomic mass is 9.73. The Morgan fingerprint density at radius 3 is 2.65 bits per heavy atom. The summed E-state index contributed by atoms with van der Waals surface area (Å²) < 4.78 is 0. The summed E-state index contributed by atoms with van der Waals surface area (Å²) in [7, 11) is 0. The largest absolute Gasteiger partial charge is 0.325 e. The van der Waals surface area contributed by atoms with Crippen LogP contribution in [0.25, 0.3) is 0 Å². The van der Waals surface area contributed by atoms with E-state index in [0.717, 1.165) is 12.3 Å². The minimum atomic E-state index is 0.0665. The number of rotatable bonds is 4. The first-order valence-corrected chi connectivity index (χ1v) is 8.58. The van der Waals surface area contributed by atoms with Crippen molar-refractivity contribution >= 4 is 0 Å². The van der Waals surface area contributed by atoms with Crippen molar-refractivity contribution in [2.24, 2.45) is 11.7 Å². The van der Waals surface area contributed by atoms with Gasteiger partial charge in [0.05, 0.1) is 0 Å². The highest BCUT2D eigenvalue weighted by molar-refractivity contribution is 5.36. The molecule has 1 saturated carbocycles. The first kappa shape index (κ1) is 14.1. The lowest BCUT2D eigenvalue weighted by Gasteiger charge is -2.37. The fourth-order valence-corrected chi connectivity index (χ4v) is 4.27. The van der Waals surface area contributed by atoms with Crippen LogP contribution in [-0.4, -0.2) is 5.54 Å². The predicted molar refractivity (Wildman–Crippen MR) is 86.0 cm³/mol. The van der Waals surface area contributed by atoms with Crippen molar-refractivity contribution in [3.63, 3.8) is 0 Å². The van der Waals surface area contributed by atoms with Crippen LogP contribution in [0.2, 0.25) is 0 Å². The Balaban J connectivity index is 1.63. The van der Waals surface area contributed by atoms with E-state index in [-0.39, 0.29) is 5.54 Å². The quantitative estimate of drug-likeness (QED) is 0.862. The summed E-state index contributed by atoms with van der Waals surface area (Å²) in [6, 6.07) is 7.12. The zero-order chi connectivity index (χ0) is 14.0. The second-order valence-corrected chi connectivity index (χ2v) is 7.23. The van der Waals surface area contributed by atoms with Gasteiger partial charge in [0.2, 0.25) is 0 Å². The van der Waals surface area contributed by atoms with Crippen molar-refractivity contribution in [3.05, 3.63) is 34.9 Å². The summed E-state index contributed by atoms with van der Waals surface area (Å²) in [6.45, 7) is 2.30. The zero-order valence-corrected chi connectivity index (χ0v) is 13.0. The normalized spacial score (nSPS) is 29.4. The van der Waals surface area contributed by atoms with Crippen LogP contribution in [0.4, 0.5) is 0 Å². The molecule has 1 aromatic carbocycles. The molecular weight excluding hydrogens is 242 g/mol. The van der Waals surface area contributed by atoms with Gasteiger partial charge in [-0.1, -0.05) is 38.0 Å². The molecule has 0 spiro atoms. The number of hydrogen-bond donors (Lipinski definition) is 1. The molecule has 0 bridgehead atoms. The van der Waals surface area contributed by atoms with Gasteiger partial charge in [-0.25, -0.2) is 0 Å². The van der Waals surface area contributed by atoms with E-state index in [1.54, 1.807) is 11.1 Å². The van der Waals surface area contributed by atoms with E-state index in [2.05, 4.69) is 25.1 Å². The van der Waals surface area contributed by atoms with E-state index in [4.69, 9.17) is 5.73 Å². The first-order chi connectivity index (χ1) is 9.68. The zero-order valence-electron chi connectivity index (χ0n) is 13.0. The van der Waals surface area contributed by atoms with E-state index in [1.165, 1.54) is 63.4 Å². The number of benzene rings is 1. The highest BCUT2D eigenvalue weighted by Gasteiger charge is 2.31. The first-order valence-electron chi connectivity index (χ1n) is 8.58. The van der Waals surface area contributed by atoms with Crippen LogP contribution in [0, 0.1) is 5.92 Å². The van der Waals surface area contributed by atoms with Crippen LogP contribution >= 0.6 is 0 Å². The summed E-state index contributed by atoms with van der Waals surface area (Å²) in [6.07, 6.45) is 12.8. The lowest BCUT2D eigenvalue weighted by Crippen LogP contribution is -2.45. The van der Waals surface area contributed by atoms with Crippen LogP contribution in [0.3, 0.4) is 0 Å². The molecule has 110 valence electrons. The van der Waals surface area contributed by atoms with Gasteiger partial charge >= 0.3 is 0 Å². The molecule has 2 N–H and O–H groups in total. The van der Waals surface area contributed by atoms with Crippen molar-refractivity contribution in [1.29, 1.82) is 0 Å². The van der Waals surface area contributed by atoms with Gasteiger partial charge in [0.1, 0.15) is 0 Å². The van der Waals surface area contributed by atoms with Crippen LogP contribution in [0.5, 0.6) is 0 Å². The highest BCUT2D eigenvalue weighted by Crippen LogP contribution is 2.35. The van der Waals surface area contributed by atoms with Gasteiger partial charge < -0.3 is 5.73 Å². The van der Waals surface area contributed by atoms with Gasteiger partial charge in [-0.15, -0.1) is 0 Å². The highest BCUT2D eigenvalue weighted by atomic mass is 14.7. The Kier molecular flexibility index (Phi) is 4.16. The monoisotopic (exact) mass is 271 g/mol. The molecule has 0 radical (unpaired) electrons. The third-order valence-corrected chi connectivity index (χ3v) is 5.52. The minimum absolute atomic E-state index is 0.0665. The van der Waals surface area contributed by atoms with E-state index in [9.17, 15) is 0 Å². The Labute approximate surface area is 124 Å². The standard InChI is InChI=1S/C19H29N/c1-2-4-15-9-11-19(20,12-10-15)14-16-7-8-17-5-3-6-18(17)13-16/h7-8,13,15H,2-6,9-12,14,20H2,1H3. The van der Waals surface area contributed by atoms with Gasteiger partial charge in [0.15, 0.2) is 0 Å². The van der Waals surface area contributed by atoms with Gasteiger partial charge in [-0.2, -0.15) is 0 Å². The van der Waals surface area contributed by atoms with Crippen molar-refractivity contribution in [3.8, 4) is 0 Å². The molecule has 2 aliphatic carbocycles. The molecule has 2 aliphatic rings. The second kappa shape index (κ2) is 5.89. The third-order valence-electron chi connectivity index (χ3n) is 5.52. The Bertz CT molecular complexity index is 455. The molecule has 0 heterocycles. The predicted octanol–water partition coefficient (Wildman–Crippen LogP) is 4.41. The maximum atomic E-state index is 6.69. The van der Waals surface area contributed by atoms with Gasteiger partial charge in [0, 0.05) is 5.54 Å². The van der Waals surface area contributed by atoms with Crippen LogP contribution in [0.15, 0.2) is 18.2 Å². The molecule has 0 aliphatic heterocycles. The molecular formula is C19H29N. The Morgan fingerprint density at radius 1 is 1.15 bits per heavy atom. The van der Waals surface area contributed by atoms with Crippen LogP contribution < -0.4 is 5.73 Å². The average Bonchev–Trinajstić information content (AvgIpc) is 2.89. The molecule has 20 heavy (non-hydrogen) atoms. The molecule has 1 aromatic rings. The fourth-order valence-electron chi connectivity index (χ4n) is 4.27. The van der Waals surface area contributed by atoms with Crippen LogP contribution in [-0.2, 0) is 19.3 Å². The summed E-state index contributed by atoms with van der Waals surface area (Å²) in [5.41, 5.74) is 11.4. The molecule has 0 unspecified atom stereocenters. The van der Waals surface area contributed by atoms with Crippen molar-refractivity contribution in [2.75, 3.05) is 0 Å². The summed E-state index contributed by atoms with van der Waals surface area (Å²) >= 11 is 0. The van der Waals surface area contributed by atoms with Crippen molar-refractivity contribution in [1.82, 2.24) is 0 Å². The van der Waals surface area contributed by atoms with E-state index in [0.29, 0.717) is 0 Å². The third kappa shape index (κ3) is 3.09. The molecule has 0 atom stereocenters. The number of hydrogen-bond acceptors (Lipinski definition) is 1. The minimum Gasteiger partial charge on any atom is -0.325 e. The summed E-state index contributed by atoms with van der Waals surface area (Å²) in [4.78, 5) is 0. The maximum absolute atomic E-state index is 6.69. The fraction of sp³-hybridized carbons (Fsp3) is 0.684. The molecule has 0 aromatic heterocycles. The smallest absolute Gasteiger partial charge is 0.0195 e. The topological polar surface area (TPSA) is 26.0 Å². The van der Waals surface area contributed by atoms with Gasteiger partial charge in [-0.3, -0.25) is 0 Å². The molecule has 1 nitrogen and oxygen atoms in total. The summed E-state index contributed by atoms with van der Waals surface area (Å²) in [5.74, 6) is 0.941. The summed E-state index contributed by atoms with van der Waals surface area (Å²) in [5, 5.41) is 0. The van der Waals surface area contributed by atoms with E-state index < -0.39 is 0 Å². The molecule has 3 rings (SSSR count). The van der Waals surface area contributed by atoms with Gasteiger partial charge in [-0.05, 0) is 74.0 Å². The molecule has 0 amide bonds. The Morgan fingerprint density at radius 2 is 1.90 bits per heavy atom. The number of nitrogens with two attached hydrogens (primary N) is 1. The van der Waals surface area contributed by atoms with Gasteiger partial charge in [0.25, 0.3) is 0 Å². The molecule has 1 heteroatoms. The average molecular weight is 271 g/mol. The van der Waals surface area contributed by atoms with E-state index in [1.807, 2.05) is 0 Å². The Hall–Kier alpha value is -0.820. The lowest BCUT2D eigenvalue weighted by molar-refractivity contribution is 0.223.